The number of amides is 1. The number of esters is 1. The van der Waals surface area contributed by atoms with E-state index in [0.717, 1.165) is 11.1 Å². The van der Waals surface area contributed by atoms with Crippen molar-refractivity contribution in [1.82, 2.24) is 10.6 Å². The molecular formula is C19H21ClN2O3. The van der Waals surface area contributed by atoms with Gasteiger partial charge in [0.2, 0.25) is 5.91 Å². The van der Waals surface area contributed by atoms with Crippen LogP contribution in [0, 0.1) is 0 Å². The van der Waals surface area contributed by atoms with Gasteiger partial charge in [-0.05, 0) is 42.3 Å². The minimum Gasteiger partial charge on any atom is -0.465 e. The molecule has 2 N–H and O–H groups in total. The molecule has 0 saturated heterocycles. The van der Waals surface area contributed by atoms with E-state index >= 15 is 0 Å². The summed E-state index contributed by atoms with van der Waals surface area (Å²) in [6.45, 7) is 2.58. The van der Waals surface area contributed by atoms with Crippen molar-refractivity contribution < 1.29 is 14.3 Å². The molecule has 2 aromatic carbocycles. The van der Waals surface area contributed by atoms with Crippen LogP contribution in [0.25, 0.3) is 0 Å². The highest BCUT2D eigenvalue weighted by Crippen LogP contribution is 2.16. The predicted molar refractivity (Wildman–Crippen MR) is 97.5 cm³/mol. The quantitative estimate of drug-likeness (QED) is 0.744. The van der Waals surface area contributed by atoms with Gasteiger partial charge in [0.15, 0.2) is 0 Å². The van der Waals surface area contributed by atoms with Gasteiger partial charge in [-0.3, -0.25) is 4.79 Å². The molecule has 1 atom stereocenters. The summed E-state index contributed by atoms with van der Waals surface area (Å²) >= 11 is 5.97. The van der Waals surface area contributed by atoms with Gasteiger partial charge in [0, 0.05) is 17.6 Å². The average Bonchev–Trinajstić information content (AvgIpc) is 2.64. The maximum Gasteiger partial charge on any atom is 0.337 e. The molecule has 0 spiro atoms. The van der Waals surface area contributed by atoms with Gasteiger partial charge in [-0.25, -0.2) is 4.79 Å². The van der Waals surface area contributed by atoms with Crippen molar-refractivity contribution in [3.8, 4) is 0 Å². The molecule has 5 nitrogen and oxygen atoms in total. The molecule has 0 aliphatic carbocycles. The lowest BCUT2D eigenvalue weighted by Gasteiger charge is -2.14. The largest absolute Gasteiger partial charge is 0.465 e. The van der Waals surface area contributed by atoms with Crippen LogP contribution in [0.1, 0.15) is 34.5 Å². The number of methoxy groups -OCH3 is 1. The second-order valence-electron chi connectivity index (χ2n) is 5.62. The van der Waals surface area contributed by atoms with Crippen LogP contribution < -0.4 is 10.6 Å². The van der Waals surface area contributed by atoms with Crippen LogP contribution in [-0.4, -0.2) is 25.5 Å². The van der Waals surface area contributed by atoms with Crippen LogP contribution in [0.4, 0.5) is 0 Å². The zero-order valence-corrected chi connectivity index (χ0v) is 15.0. The first-order valence-corrected chi connectivity index (χ1v) is 8.30. The minimum absolute atomic E-state index is 0.0174. The molecule has 0 aliphatic heterocycles. The lowest BCUT2D eigenvalue weighted by Crippen LogP contribution is -2.34. The number of hydrogen-bond acceptors (Lipinski definition) is 4. The Kier molecular flexibility index (Phi) is 6.98. The number of hydrogen-bond donors (Lipinski definition) is 2. The van der Waals surface area contributed by atoms with E-state index in [1.165, 1.54) is 7.11 Å². The van der Waals surface area contributed by atoms with Gasteiger partial charge in [0.1, 0.15) is 0 Å². The van der Waals surface area contributed by atoms with E-state index in [0.29, 0.717) is 17.1 Å². The molecule has 0 heterocycles. The molecule has 0 unspecified atom stereocenters. The summed E-state index contributed by atoms with van der Waals surface area (Å²) in [4.78, 5) is 23.3. The zero-order valence-electron chi connectivity index (χ0n) is 14.2. The van der Waals surface area contributed by atoms with Crippen LogP contribution >= 0.6 is 11.6 Å². The van der Waals surface area contributed by atoms with Crippen molar-refractivity contribution in [2.45, 2.75) is 19.5 Å². The van der Waals surface area contributed by atoms with E-state index in [1.54, 1.807) is 24.3 Å². The molecule has 0 radical (unpaired) electrons. The fraction of sp³-hybridized carbons (Fsp3) is 0.263. The molecule has 2 aromatic rings. The highest BCUT2D eigenvalue weighted by molar-refractivity contribution is 6.30. The number of ether oxygens (including phenoxy) is 1. The third-order valence-electron chi connectivity index (χ3n) is 3.78. The van der Waals surface area contributed by atoms with E-state index in [9.17, 15) is 9.59 Å². The van der Waals surface area contributed by atoms with Crippen LogP contribution in [0.15, 0.2) is 48.5 Å². The second-order valence-corrected chi connectivity index (χ2v) is 6.06. The Morgan fingerprint density at radius 3 is 2.52 bits per heavy atom. The Hall–Kier alpha value is -2.37. The van der Waals surface area contributed by atoms with E-state index in [2.05, 4.69) is 15.4 Å². The first kappa shape index (κ1) is 19.0. The Morgan fingerprint density at radius 2 is 1.88 bits per heavy atom. The van der Waals surface area contributed by atoms with Crippen LogP contribution in [0.3, 0.4) is 0 Å². The van der Waals surface area contributed by atoms with Gasteiger partial charge < -0.3 is 15.4 Å². The number of nitrogens with one attached hydrogen (secondary N) is 2. The monoisotopic (exact) mass is 360 g/mol. The molecule has 0 aliphatic rings. The third kappa shape index (κ3) is 5.89. The first-order chi connectivity index (χ1) is 12.0. The van der Waals surface area contributed by atoms with Crippen LogP contribution in [0.5, 0.6) is 0 Å². The maximum atomic E-state index is 12.0. The van der Waals surface area contributed by atoms with E-state index in [1.807, 2.05) is 31.2 Å². The summed E-state index contributed by atoms with van der Waals surface area (Å²) in [6.07, 6.45) is 0. The molecule has 25 heavy (non-hydrogen) atoms. The van der Waals surface area contributed by atoms with E-state index < -0.39 is 0 Å². The summed E-state index contributed by atoms with van der Waals surface area (Å²) in [5.74, 6) is -0.485. The fourth-order valence-corrected chi connectivity index (χ4v) is 2.48. The summed E-state index contributed by atoms with van der Waals surface area (Å²) < 4.78 is 4.65. The molecule has 132 valence electrons. The maximum absolute atomic E-state index is 12.0. The summed E-state index contributed by atoms with van der Waals surface area (Å²) in [5, 5.41) is 6.67. The Morgan fingerprint density at radius 1 is 1.16 bits per heavy atom. The molecular weight excluding hydrogens is 340 g/mol. The minimum atomic E-state index is -0.380. The van der Waals surface area contributed by atoms with Crippen molar-refractivity contribution in [3.05, 3.63) is 70.2 Å². The van der Waals surface area contributed by atoms with Crippen molar-refractivity contribution >= 4 is 23.5 Å². The summed E-state index contributed by atoms with van der Waals surface area (Å²) in [7, 11) is 1.34. The van der Waals surface area contributed by atoms with E-state index in [-0.39, 0.29) is 24.5 Å². The number of carbonyl (C=O) groups excluding carboxylic acids is 2. The van der Waals surface area contributed by atoms with Crippen molar-refractivity contribution in [1.29, 1.82) is 0 Å². The lowest BCUT2D eigenvalue weighted by molar-refractivity contribution is -0.120. The predicted octanol–water partition coefficient (Wildman–Crippen LogP) is 3.09. The normalized spacial score (nSPS) is 11.6. The Labute approximate surface area is 152 Å². The fourth-order valence-electron chi connectivity index (χ4n) is 2.28. The third-order valence-corrected chi connectivity index (χ3v) is 4.02. The van der Waals surface area contributed by atoms with Gasteiger partial charge in [-0.15, -0.1) is 0 Å². The Balaban J connectivity index is 1.78. The molecule has 2 rings (SSSR count). The number of halogens is 1. The molecule has 6 heteroatoms. The molecule has 0 fully saturated rings. The van der Waals surface area contributed by atoms with Crippen LogP contribution in [0.2, 0.25) is 5.02 Å². The summed E-state index contributed by atoms with van der Waals surface area (Å²) in [5.41, 5.74) is 2.41. The molecule has 0 saturated carbocycles. The zero-order chi connectivity index (χ0) is 18.2. The van der Waals surface area contributed by atoms with Crippen molar-refractivity contribution in [2.24, 2.45) is 0 Å². The van der Waals surface area contributed by atoms with Gasteiger partial charge in [0.05, 0.1) is 19.2 Å². The molecule has 0 aromatic heterocycles. The van der Waals surface area contributed by atoms with Gasteiger partial charge in [-0.1, -0.05) is 35.9 Å². The Bertz CT molecular complexity index is 732. The van der Waals surface area contributed by atoms with Crippen molar-refractivity contribution in [3.63, 3.8) is 0 Å². The number of rotatable bonds is 7. The second kappa shape index (κ2) is 9.20. The van der Waals surface area contributed by atoms with Gasteiger partial charge in [-0.2, -0.15) is 0 Å². The SMILES string of the molecule is COC(=O)c1ccc(CNC(=O)CN[C@H](C)c2cccc(Cl)c2)cc1. The average molecular weight is 361 g/mol. The number of carbonyl (C=O) groups is 2. The van der Waals surface area contributed by atoms with Crippen LogP contribution in [-0.2, 0) is 16.1 Å². The smallest absolute Gasteiger partial charge is 0.337 e. The van der Waals surface area contributed by atoms with E-state index in [4.69, 9.17) is 11.6 Å². The molecule has 1 amide bonds. The summed E-state index contributed by atoms with van der Waals surface area (Å²) in [6, 6.07) is 14.5. The first-order valence-electron chi connectivity index (χ1n) is 7.92. The number of benzene rings is 2. The van der Waals surface area contributed by atoms with Gasteiger partial charge >= 0.3 is 5.97 Å². The van der Waals surface area contributed by atoms with Crippen molar-refractivity contribution in [2.75, 3.05) is 13.7 Å². The standard InChI is InChI=1S/C19H21ClN2O3/c1-13(16-4-3-5-17(20)10-16)21-12-18(23)22-11-14-6-8-15(9-7-14)19(24)25-2/h3-10,13,21H,11-12H2,1-2H3,(H,22,23)/t13-/m1/s1. The highest BCUT2D eigenvalue weighted by Gasteiger charge is 2.09. The highest BCUT2D eigenvalue weighted by atomic mass is 35.5. The van der Waals surface area contributed by atoms with Gasteiger partial charge in [0.25, 0.3) is 0 Å². The topological polar surface area (TPSA) is 67.4 Å². The lowest BCUT2D eigenvalue weighted by atomic mass is 10.1. The molecule has 0 bridgehead atoms.